The van der Waals surface area contributed by atoms with Crippen molar-refractivity contribution < 1.29 is 29.3 Å². The number of unbranched alkanes of at least 4 members (excludes halogenated alkanes) is 9. The third-order valence-corrected chi connectivity index (χ3v) is 7.48. The molecular formula is C41H68O6. The lowest BCUT2D eigenvalue weighted by Crippen LogP contribution is -2.25. The number of aliphatic hydroxyl groups excluding tert-OH is 2. The van der Waals surface area contributed by atoms with Gasteiger partial charge in [0.15, 0.2) is 0 Å². The molecule has 0 amide bonds. The van der Waals surface area contributed by atoms with Crippen LogP contribution in [0.1, 0.15) is 143 Å². The molecule has 0 aromatic rings. The summed E-state index contributed by atoms with van der Waals surface area (Å²) in [6.07, 6.45) is 41.5. The summed E-state index contributed by atoms with van der Waals surface area (Å²) in [5.41, 5.74) is 0. The second-order valence-corrected chi connectivity index (χ2v) is 12.6. The van der Waals surface area contributed by atoms with Crippen LogP contribution >= 0.6 is 0 Å². The zero-order chi connectivity index (χ0) is 34.6. The molecule has 0 saturated heterocycles. The van der Waals surface area contributed by atoms with Crippen LogP contribution in [0.15, 0.2) is 72.9 Å². The summed E-state index contributed by atoms with van der Waals surface area (Å²) in [5.74, 6) is 0.132. The van der Waals surface area contributed by atoms with Gasteiger partial charge in [0.2, 0.25) is 0 Å². The molecule has 47 heavy (non-hydrogen) atoms. The number of carbonyl (C=O) groups is 2. The first-order valence-electron chi connectivity index (χ1n) is 18.5. The fourth-order valence-electron chi connectivity index (χ4n) is 4.67. The third-order valence-electron chi connectivity index (χ3n) is 7.48. The van der Waals surface area contributed by atoms with E-state index in [1.165, 1.54) is 51.4 Å². The molecule has 0 heterocycles. The highest BCUT2D eigenvalue weighted by Gasteiger charge is 2.11. The predicted octanol–water partition coefficient (Wildman–Crippen LogP) is 10.2. The molecule has 0 aliphatic heterocycles. The summed E-state index contributed by atoms with van der Waals surface area (Å²) >= 11 is 0. The van der Waals surface area contributed by atoms with Crippen LogP contribution in [0.3, 0.4) is 0 Å². The Hall–Kier alpha value is -2.70. The fourth-order valence-corrected chi connectivity index (χ4v) is 4.67. The second-order valence-electron chi connectivity index (χ2n) is 12.6. The van der Waals surface area contributed by atoms with Crippen molar-refractivity contribution in [2.24, 2.45) is 5.92 Å². The molecule has 0 fully saturated rings. The standard InChI is InChI=1S/C41H68O6/c1-4-5-25-31-38(42)32-27-22-18-14-9-7-6-8-10-15-19-23-28-33-40(44)46-35-39(43)36-47-41(45)34-29-24-20-16-12-11-13-17-21-26-30-37(2)3/h5,7-10,18-19,22-23,25,27,32,37-39,42-43H,4,6,11-17,20-21,24,26,28-31,33-36H2,1-3H3/b9-7-,10-8-,22-18+,23-19-,25-5-,32-27+/t38?,39-/m0/s1. The van der Waals surface area contributed by atoms with Gasteiger partial charge >= 0.3 is 11.9 Å². The van der Waals surface area contributed by atoms with E-state index in [1.54, 1.807) is 6.08 Å². The van der Waals surface area contributed by atoms with Crippen molar-refractivity contribution in [1.82, 2.24) is 0 Å². The maximum atomic E-state index is 11.9. The lowest BCUT2D eigenvalue weighted by molar-refractivity contribution is -0.152. The molecule has 0 spiro atoms. The summed E-state index contributed by atoms with van der Waals surface area (Å²) < 4.78 is 10.2. The van der Waals surface area contributed by atoms with Gasteiger partial charge in [-0.1, -0.05) is 158 Å². The molecule has 268 valence electrons. The summed E-state index contributed by atoms with van der Waals surface area (Å²) in [4.78, 5) is 23.8. The van der Waals surface area contributed by atoms with Gasteiger partial charge in [-0.05, 0) is 50.9 Å². The molecule has 0 bridgehead atoms. The number of allylic oxidation sites excluding steroid dienone is 10. The van der Waals surface area contributed by atoms with Gasteiger partial charge in [-0.2, -0.15) is 0 Å². The Morgan fingerprint density at radius 1 is 0.596 bits per heavy atom. The first-order chi connectivity index (χ1) is 22.8. The normalized spacial score (nSPS) is 13.8. The van der Waals surface area contributed by atoms with Gasteiger partial charge in [0, 0.05) is 12.8 Å². The minimum atomic E-state index is -1.01. The average Bonchev–Trinajstić information content (AvgIpc) is 3.05. The molecule has 0 rings (SSSR count). The summed E-state index contributed by atoms with van der Waals surface area (Å²) in [6.45, 7) is 6.33. The minimum Gasteiger partial charge on any atom is -0.463 e. The highest BCUT2D eigenvalue weighted by Crippen LogP contribution is 2.14. The van der Waals surface area contributed by atoms with E-state index in [0.717, 1.165) is 50.9 Å². The maximum Gasteiger partial charge on any atom is 0.306 e. The number of hydrogen-bond acceptors (Lipinski definition) is 6. The number of carbonyl (C=O) groups excluding carboxylic acids is 2. The van der Waals surface area contributed by atoms with Crippen LogP contribution in [0.4, 0.5) is 0 Å². The van der Waals surface area contributed by atoms with Crippen LogP contribution in [0, 0.1) is 5.92 Å². The van der Waals surface area contributed by atoms with E-state index in [9.17, 15) is 19.8 Å². The fraction of sp³-hybridized carbons (Fsp3) is 0.659. The van der Waals surface area contributed by atoms with Gasteiger partial charge in [0.25, 0.3) is 0 Å². The minimum absolute atomic E-state index is 0.152. The van der Waals surface area contributed by atoms with Crippen LogP contribution in [0.25, 0.3) is 0 Å². The van der Waals surface area contributed by atoms with E-state index in [0.29, 0.717) is 19.3 Å². The number of aliphatic hydroxyl groups is 2. The van der Waals surface area contributed by atoms with Crippen molar-refractivity contribution >= 4 is 11.9 Å². The number of hydrogen-bond donors (Lipinski definition) is 2. The van der Waals surface area contributed by atoms with Crippen molar-refractivity contribution in [1.29, 1.82) is 0 Å². The largest absolute Gasteiger partial charge is 0.463 e. The third kappa shape index (κ3) is 36.0. The summed E-state index contributed by atoms with van der Waals surface area (Å²) in [7, 11) is 0. The summed E-state index contributed by atoms with van der Waals surface area (Å²) in [6, 6.07) is 0. The first-order valence-corrected chi connectivity index (χ1v) is 18.5. The molecule has 0 aromatic heterocycles. The average molecular weight is 657 g/mol. The second kappa shape index (κ2) is 34.6. The lowest BCUT2D eigenvalue weighted by atomic mass is 10.0. The molecule has 1 unspecified atom stereocenters. The van der Waals surface area contributed by atoms with Crippen LogP contribution in [0.5, 0.6) is 0 Å². The molecular weight excluding hydrogens is 588 g/mol. The van der Waals surface area contributed by atoms with Gasteiger partial charge in [-0.25, -0.2) is 0 Å². The highest BCUT2D eigenvalue weighted by atomic mass is 16.6. The lowest BCUT2D eigenvalue weighted by Gasteiger charge is -2.12. The predicted molar refractivity (Wildman–Crippen MR) is 197 cm³/mol. The Morgan fingerprint density at radius 2 is 1.11 bits per heavy atom. The van der Waals surface area contributed by atoms with E-state index < -0.39 is 12.2 Å². The van der Waals surface area contributed by atoms with Crippen molar-refractivity contribution in [3.63, 3.8) is 0 Å². The maximum absolute atomic E-state index is 11.9. The Balaban J connectivity index is 3.66. The Labute approximate surface area is 287 Å². The SMILES string of the molecule is CC/C=C\CC(O)/C=C/C=C/C/C=C\C/C=C\C/C=C\CCC(=O)OC[C@H](O)COC(=O)CCCCCCCCCCCCC(C)C. The Morgan fingerprint density at radius 3 is 1.68 bits per heavy atom. The van der Waals surface area contributed by atoms with Gasteiger partial charge < -0.3 is 19.7 Å². The van der Waals surface area contributed by atoms with Crippen LogP contribution in [0.2, 0.25) is 0 Å². The molecule has 0 aliphatic carbocycles. The van der Waals surface area contributed by atoms with E-state index in [-0.39, 0.29) is 31.6 Å². The van der Waals surface area contributed by atoms with Crippen LogP contribution in [-0.4, -0.2) is 47.6 Å². The van der Waals surface area contributed by atoms with E-state index in [1.807, 2.05) is 30.4 Å². The van der Waals surface area contributed by atoms with Gasteiger partial charge in [0.1, 0.15) is 19.3 Å². The van der Waals surface area contributed by atoms with Crippen molar-refractivity contribution in [3.8, 4) is 0 Å². The number of rotatable bonds is 31. The molecule has 6 heteroatoms. The van der Waals surface area contributed by atoms with Crippen molar-refractivity contribution in [3.05, 3.63) is 72.9 Å². The Bertz CT molecular complexity index is 911. The van der Waals surface area contributed by atoms with Crippen molar-refractivity contribution in [2.45, 2.75) is 155 Å². The number of esters is 2. The van der Waals surface area contributed by atoms with Gasteiger partial charge in [-0.3, -0.25) is 9.59 Å². The monoisotopic (exact) mass is 657 g/mol. The molecule has 2 atom stereocenters. The topological polar surface area (TPSA) is 93.1 Å². The molecule has 0 saturated carbocycles. The first kappa shape index (κ1) is 44.3. The Kier molecular flexibility index (Phi) is 32.6. The quantitative estimate of drug-likeness (QED) is 0.0334. The summed E-state index contributed by atoms with van der Waals surface area (Å²) in [5, 5.41) is 19.8. The smallest absolute Gasteiger partial charge is 0.306 e. The molecule has 0 aliphatic rings. The van der Waals surface area contributed by atoms with Crippen molar-refractivity contribution in [2.75, 3.05) is 13.2 Å². The van der Waals surface area contributed by atoms with E-state index >= 15 is 0 Å². The molecule has 6 nitrogen and oxygen atoms in total. The van der Waals surface area contributed by atoms with Crippen LogP contribution in [-0.2, 0) is 19.1 Å². The highest BCUT2D eigenvalue weighted by molar-refractivity contribution is 5.70. The number of ether oxygens (including phenoxy) is 2. The van der Waals surface area contributed by atoms with Crippen LogP contribution < -0.4 is 0 Å². The zero-order valence-corrected chi connectivity index (χ0v) is 30.0. The zero-order valence-electron chi connectivity index (χ0n) is 30.0. The molecule has 0 aromatic carbocycles. The molecule has 2 N–H and O–H groups in total. The molecule has 0 radical (unpaired) electrons. The van der Waals surface area contributed by atoms with Gasteiger partial charge in [-0.15, -0.1) is 0 Å². The van der Waals surface area contributed by atoms with E-state index in [2.05, 4.69) is 57.2 Å². The van der Waals surface area contributed by atoms with Gasteiger partial charge in [0.05, 0.1) is 6.10 Å². The van der Waals surface area contributed by atoms with E-state index in [4.69, 9.17) is 9.47 Å².